The molecular weight excluding hydrogens is 517 g/mol. The molecule has 0 bridgehead atoms. The summed E-state index contributed by atoms with van der Waals surface area (Å²) in [6.45, 7) is 5.83. The molecular formula is C24H22Cl2F6N2O. The number of pyridine rings is 1. The number of phenolic OH excluding ortho intramolecular Hbond substituents is 1. The van der Waals surface area contributed by atoms with Gasteiger partial charge in [-0.3, -0.25) is 4.98 Å². The maximum Gasteiger partial charge on any atom is 0.433 e. The number of halogens is 8. The predicted octanol–water partition coefficient (Wildman–Crippen LogP) is 8.12. The molecule has 11 heteroatoms. The Balaban J connectivity index is 0.00000432. The zero-order chi connectivity index (χ0) is 25.5. The number of phenols is 1. The van der Waals surface area contributed by atoms with E-state index in [2.05, 4.69) is 10.3 Å². The van der Waals surface area contributed by atoms with E-state index < -0.39 is 28.6 Å². The van der Waals surface area contributed by atoms with Gasteiger partial charge in [0, 0.05) is 35.0 Å². The van der Waals surface area contributed by atoms with Crippen LogP contribution in [0.2, 0.25) is 5.02 Å². The molecule has 0 fully saturated rings. The maximum absolute atomic E-state index is 13.4. The van der Waals surface area contributed by atoms with Gasteiger partial charge in [-0.05, 0) is 62.2 Å². The fourth-order valence-electron chi connectivity index (χ4n) is 3.22. The van der Waals surface area contributed by atoms with E-state index >= 15 is 0 Å². The summed E-state index contributed by atoms with van der Waals surface area (Å²) in [5.41, 5.74) is -1.31. The minimum absolute atomic E-state index is 0. The van der Waals surface area contributed by atoms with Crippen LogP contribution in [0.5, 0.6) is 5.75 Å². The number of rotatable bonds is 4. The van der Waals surface area contributed by atoms with Crippen LogP contribution >= 0.6 is 24.0 Å². The number of nitrogens with zero attached hydrogens (tertiary/aromatic N) is 1. The molecule has 2 N–H and O–H groups in total. The van der Waals surface area contributed by atoms with Crippen molar-refractivity contribution in [1.82, 2.24) is 10.3 Å². The summed E-state index contributed by atoms with van der Waals surface area (Å²) in [5, 5.41) is 13.6. The van der Waals surface area contributed by atoms with Crippen LogP contribution in [-0.4, -0.2) is 15.6 Å². The van der Waals surface area contributed by atoms with Crippen LogP contribution in [0, 0.1) is 0 Å². The number of alkyl halides is 6. The predicted molar refractivity (Wildman–Crippen MR) is 126 cm³/mol. The molecule has 1 aromatic heterocycles. The maximum atomic E-state index is 13.4. The van der Waals surface area contributed by atoms with Crippen molar-refractivity contribution in [3.8, 4) is 28.0 Å². The van der Waals surface area contributed by atoms with Gasteiger partial charge in [-0.2, -0.15) is 26.3 Å². The fraction of sp³-hybridized carbons (Fsp3) is 0.292. The minimum Gasteiger partial charge on any atom is -0.507 e. The van der Waals surface area contributed by atoms with Gasteiger partial charge in [-0.15, -0.1) is 12.4 Å². The molecule has 1 heterocycles. The summed E-state index contributed by atoms with van der Waals surface area (Å²) >= 11 is 5.73. The molecule has 0 spiro atoms. The van der Waals surface area contributed by atoms with Crippen LogP contribution in [0.3, 0.4) is 0 Å². The minimum atomic E-state index is -4.68. The Kier molecular flexibility index (Phi) is 8.41. The van der Waals surface area contributed by atoms with Crippen LogP contribution < -0.4 is 5.32 Å². The molecule has 0 atom stereocenters. The van der Waals surface area contributed by atoms with E-state index in [-0.39, 0.29) is 46.9 Å². The average Bonchev–Trinajstić information content (AvgIpc) is 2.71. The van der Waals surface area contributed by atoms with E-state index in [4.69, 9.17) is 11.6 Å². The Bertz CT molecular complexity index is 1190. The second kappa shape index (κ2) is 10.2. The van der Waals surface area contributed by atoms with Gasteiger partial charge >= 0.3 is 12.4 Å². The number of aromatic nitrogens is 1. The summed E-state index contributed by atoms with van der Waals surface area (Å²) in [6, 6.07) is 8.28. The van der Waals surface area contributed by atoms with Crippen molar-refractivity contribution in [1.29, 1.82) is 0 Å². The third kappa shape index (κ3) is 7.02. The van der Waals surface area contributed by atoms with Gasteiger partial charge in [0.2, 0.25) is 0 Å². The summed E-state index contributed by atoms with van der Waals surface area (Å²) in [6.07, 6.45) is -8.35. The number of hydrogen-bond donors (Lipinski definition) is 2. The topological polar surface area (TPSA) is 45.2 Å². The second-order valence-corrected chi connectivity index (χ2v) is 9.16. The van der Waals surface area contributed by atoms with E-state index in [9.17, 15) is 31.4 Å². The Morgan fingerprint density at radius 3 is 2.00 bits per heavy atom. The molecule has 3 rings (SSSR count). The number of nitrogens with one attached hydrogen (secondary N) is 1. The molecule has 0 unspecified atom stereocenters. The Morgan fingerprint density at radius 2 is 1.49 bits per heavy atom. The average molecular weight is 539 g/mol. The Hall–Kier alpha value is -2.49. The highest BCUT2D eigenvalue weighted by atomic mass is 35.5. The molecule has 0 aliphatic carbocycles. The van der Waals surface area contributed by atoms with E-state index in [1.165, 1.54) is 18.2 Å². The van der Waals surface area contributed by atoms with Gasteiger partial charge in [-0.25, -0.2) is 0 Å². The smallest absolute Gasteiger partial charge is 0.433 e. The summed E-state index contributed by atoms with van der Waals surface area (Å²) in [5.74, 6) is -0.216. The van der Waals surface area contributed by atoms with Crippen molar-refractivity contribution >= 4 is 24.0 Å². The molecule has 0 saturated heterocycles. The lowest BCUT2D eigenvalue weighted by molar-refractivity contribution is -0.141. The Morgan fingerprint density at radius 1 is 0.857 bits per heavy atom. The highest BCUT2D eigenvalue weighted by Crippen LogP contribution is 2.41. The first kappa shape index (κ1) is 28.7. The van der Waals surface area contributed by atoms with Crippen LogP contribution in [0.15, 0.2) is 48.7 Å². The summed E-state index contributed by atoms with van der Waals surface area (Å²) in [4.78, 5) is 3.42. The normalized spacial score (nSPS) is 12.4. The van der Waals surface area contributed by atoms with E-state index in [0.717, 1.165) is 30.5 Å². The largest absolute Gasteiger partial charge is 0.507 e. The zero-order valence-electron chi connectivity index (χ0n) is 18.8. The van der Waals surface area contributed by atoms with Gasteiger partial charge in [-0.1, -0.05) is 23.7 Å². The number of benzene rings is 2. The van der Waals surface area contributed by atoms with E-state index in [1.54, 1.807) is 0 Å². The summed E-state index contributed by atoms with van der Waals surface area (Å²) in [7, 11) is 0. The van der Waals surface area contributed by atoms with Crippen molar-refractivity contribution in [3.05, 3.63) is 70.5 Å². The van der Waals surface area contributed by atoms with Crippen LogP contribution in [-0.2, 0) is 18.9 Å². The molecule has 0 aliphatic heterocycles. The summed E-state index contributed by atoms with van der Waals surface area (Å²) < 4.78 is 78.9. The van der Waals surface area contributed by atoms with E-state index in [0.29, 0.717) is 11.1 Å². The first-order chi connectivity index (χ1) is 15.6. The van der Waals surface area contributed by atoms with Crippen molar-refractivity contribution in [2.45, 2.75) is 45.2 Å². The van der Waals surface area contributed by atoms with Crippen LogP contribution in [0.25, 0.3) is 22.3 Å². The lowest BCUT2D eigenvalue weighted by Crippen LogP contribution is -2.35. The lowest BCUT2D eigenvalue weighted by atomic mass is 9.94. The molecule has 0 saturated carbocycles. The standard InChI is InChI=1S/C24H21ClF6N2O.ClH/c1-22(2,3)33-12-16-8-15(13-4-6-19(25)18(10-13)23(26,27)28)9-17(21(16)34)14-5-7-20(32-11-14)24(29,30)31;/h4-11,33-34H,12H2,1-3H3;1H. The van der Waals surface area contributed by atoms with Crippen molar-refractivity contribution < 1.29 is 31.4 Å². The molecule has 3 aromatic rings. The molecule has 2 aromatic carbocycles. The van der Waals surface area contributed by atoms with Gasteiger partial charge in [0.25, 0.3) is 0 Å². The fourth-order valence-corrected chi connectivity index (χ4v) is 3.44. The number of hydrogen-bond acceptors (Lipinski definition) is 3. The SMILES string of the molecule is CC(C)(C)NCc1cc(-c2ccc(Cl)c(C(F)(F)F)c2)cc(-c2ccc(C(F)(F)F)nc2)c1O.Cl. The molecule has 190 valence electrons. The quantitative estimate of drug-likeness (QED) is 0.329. The van der Waals surface area contributed by atoms with Crippen molar-refractivity contribution in [2.24, 2.45) is 0 Å². The van der Waals surface area contributed by atoms with Gasteiger partial charge in [0.1, 0.15) is 11.4 Å². The van der Waals surface area contributed by atoms with Crippen molar-refractivity contribution in [2.75, 3.05) is 0 Å². The molecule has 0 amide bonds. The second-order valence-electron chi connectivity index (χ2n) is 8.76. The monoisotopic (exact) mass is 538 g/mol. The third-order valence-electron chi connectivity index (χ3n) is 4.97. The first-order valence-electron chi connectivity index (χ1n) is 10.1. The number of aromatic hydroxyl groups is 1. The Labute approximate surface area is 209 Å². The molecule has 35 heavy (non-hydrogen) atoms. The lowest BCUT2D eigenvalue weighted by Gasteiger charge is -2.22. The highest BCUT2D eigenvalue weighted by molar-refractivity contribution is 6.31. The van der Waals surface area contributed by atoms with Crippen LogP contribution in [0.4, 0.5) is 26.3 Å². The molecule has 3 nitrogen and oxygen atoms in total. The third-order valence-corrected chi connectivity index (χ3v) is 5.30. The van der Waals surface area contributed by atoms with Gasteiger partial charge < -0.3 is 10.4 Å². The zero-order valence-corrected chi connectivity index (χ0v) is 20.3. The van der Waals surface area contributed by atoms with Gasteiger partial charge in [0.05, 0.1) is 10.6 Å². The molecule has 0 aliphatic rings. The first-order valence-corrected chi connectivity index (χ1v) is 10.5. The van der Waals surface area contributed by atoms with Crippen molar-refractivity contribution in [3.63, 3.8) is 0 Å². The van der Waals surface area contributed by atoms with Gasteiger partial charge in [0.15, 0.2) is 0 Å². The molecule has 0 radical (unpaired) electrons. The van der Waals surface area contributed by atoms with E-state index in [1.807, 2.05) is 20.8 Å². The van der Waals surface area contributed by atoms with Crippen LogP contribution in [0.1, 0.15) is 37.6 Å². The highest BCUT2D eigenvalue weighted by Gasteiger charge is 2.34.